The largest absolute Gasteiger partial charge is 0.366 e. The standard InChI is InChI=1S/C19H28N2O2.ClH/c1-15-2-4-16(5-3-15)6-7-17-8-11-21(12-9-17)19(22)18-14-20-10-13-23-18;/h2-5,17-18,20H,6-14H2,1H3;1H. The first-order chi connectivity index (χ1) is 11.2. The Morgan fingerprint density at radius 3 is 2.58 bits per heavy atom. The van der Waals surface area contributed by atoms with Gasteiger partial charge < -0.3 is 15.0 Å². The van der Waals surface area contributed by atoms with Gasteiger partial charge in [-0.25, -0.2) is 0 Å². The molecule has 2 saturated heterocycles. The van der Waals surface area contributed by atoms with Crippen LogP contribution in [0.4, 0.5) is 0 Å². The molecule has 0 spiro atoms. The maximum Gasteiger partial charge on any atom is 0.253 e. The smallest absolute Gasteiger partial charge is 0.253 e. The summed E-state index contributed by atoms with van der Waals surface area (Å²) in [5, 5.41) is 3.23. The van der Waals surface area contributed by atoms with Crippen LogP contribution < -0.4 is 5.32 Å². The Morgan fingerprint density at radius 2 is 1.96 bits per heavy atom. The van der Waals surface area contributed by atoms with Crippen LogP contribution in [0.15, 0.2) is 24.3 Å². The number of carbonyl (C=O) groups excluding carboxylic acids is 1. The fourth-order valence-corrected chi connectivity index (χ4v) is 3.50. The lowest BCUT2D eigenvalue weighted by Gasteiger charge is -2.35. The molecule has 0 saturated carbocycles. The van der Waals surface area contributed by atoms with Gasteiger partial charge in [0.15, 0.2) is 0 Å². The van der Waals surface area contributed by atoms with Gasteiger partial charge in [0.25, 0.3) is 5.91 Å². The molecule has 2 heterocycles. The molecule has 0 radical (unpaired) electrons. The number of benzene rings is 1. The highest BCUT2D eigenvalue weighted by Crippen LogP contribution is 2.23. The summed E-state index contributed by atoms with van der Waals surface area (Å²) in [7, 11) is 0. The van der Waals surface area contributed by atoms with Crippen LogP contribution in [0.3, 0.4) is 0 Å². The number of ether oxygens (including phenoxy) is 1. The summed E-state index contributed by atoms with van der Waals surface area (Å²) in [6.07, 6.45) is 4.35. The molecule has 2 aliphatic heterocycles. The summed E-state index contributed by atoms with van der Waals surface area (Å²) in [4.78, 5) is 14.4. The summed E-state index contributed by atoms with van der Waals surface area (Å²) >= 11 is 0. The number of amides is 1. The Balaban J connectivity index is 0.00000208. The second kappa shape index (κ2) is 9.40. The van der Waals surface area contributed by atoms with Crippen LogP contribution >= 0.6 is 12.4 Å². The zero-order valence-electron chi connectivity index (χ0n) is 14.5. The molecule has 5 heteroatoms. The summed E-state index contributed by atoms with van der Waals surface area (Å²) in [5.41, 5.74) is 2.75. The van der Waals surface area contributed by atoms with Crippen molar-refractivity contribution in [3.05, 3.63) is 35.4 Å². The predicted octanol–water partition coefficient (Wildman–Crippen LogP) is 2.58. The van der Waals surface area contributed by atoms with E-state index in [4.69, 9.17) is 4.74 Å². The summed E-state index contributed by atoms with van der Waals surface area (Å²) in [6.45, 7) is 6.05. The van der Waals surface area contributed by atoms with E-state index >= 15 is 0 Å². The second-order valence-electron chi connectivity index (χ2n) is 6.86. The molecule has 2 aliphatic rings. The Morgan fingerprint density at radius 1 is 1.25 bits per heavy atom. The Labute approximate surface area is 151 Å². The van der Waals surface area contributed by atoms with Crippen LogP contribution in [-0.4, -0.2) is 49.7 Å². The molecular formula is C19H29ClN2O2. The SMILES string of the molecule is Cc1ccc(CCC2CCN(C(=O)C3CNCCO3)CC2)cc1.Cl. The van der Waals surface area contributed by atoms with Crippen LogP contribution in [-0.2, 0) is 16.0 Å². The molecule has 134 valence electrons. The molecule has 1 amide bonds. The average molecular weight is 353 g/mol. The summed E-state index contributed by atoms with van der Waals surface area (Å²) < 4.78 is 5.58. The van der Waals surface area contributed by atoms with E-state index in [1.807, 2.05) is 4.90 Å². The van der Waals surface area contributed by atoms with Crippen molar-refractivity contribution in [1.29, 1.82) is 0 Å². The van der Waals surface area contributed by atoms with E-state index in [1.54, 1.807) is 0 Å². The lowest BCUT2D eigenvalue weighted by molar-refractivity contribution is -0.146. The highest BCUT2D eigenvalue weighted by Gasteiger charge is 2.29. The summed E-state index contributed by atoms with van der Waals surface area (Å²) in [6, 6.07) is 8.85. The first-order valence-corrected chi connectivity index (χ1v) is 8.89. The molecule has 1 N–H and O–H groups in total. The Kier molecular flexibility index (Phi) is 7.53. The normalized spacial score (nSPS) is 22.0. The van der Waals surface area contributed by atoms with Gasteiger partial charge in [-0.3, -0.25) is 4.79 Å². The fraction of sp³-hybridized carbons (Fsp3) is 0.632. The minimum Gasteiger partial charge on any atom is -0.366 e. The molecule has 3 rings (SSSR count). The number of likely N-dealkylation sites (tertiary alicyclic amines) is 1. The lowest BCUT2D eigenvalue weighted by Crippen LogP contribution is -2.51. The van der Waals surface area contributed by atoms with Crippen molar-refractivity contribution >= 4 is 18.3 Å². The molecule has 1 aromatic carbocycles. The van der Waals surface area contributed by atoms with Crippen molar-refractivity contribution in [3.8, 4) is 0 Å². The first kappa shape index (κ1) is 19.2. The van der Waals surface area contributed by atoms with Crippen LogP contribution in [0.2, 0.25) is 0 Å². The summed E-state index contributed by atoms with van der Waals surface area (Å²) in [5.74, 6) is 0.917. The molecule has 0 aromatic heterocycles. The number of morpholine rings is 1. The van der Waals surface area contributed by atoms with Crippen LogP contribution in [0.5, 0.6) is 0 Å². The van der Waals surface area contributed by atoms with Crippen molar-refractivity contribution in [3.63, 3.8) is 0 Å². The van der Waals surface area contributed by atoms with Crippen molar-refractivity contribution in [2.24, 2.45) is 5.92 Å². The van der Waals surface area contributed by atoms with Crippen LogP contribution in [0.1, 0.15) is 30.4 Å². The average Bonchev–Trinajstić information content (AvgIpc) is 2.62. The first-order valence-electron chi connectivity index (χ1n) is 8.89. The minimum atomic E-state index is -0.271. The third-order valence-electron chi connectivity index (χ3n) is 5.09. The third-order valence-corrected chi connectivity index (χ3v) is 5.09. The molecule has 0 bridgehead atoms. The predicted molar refractivity (Wildman–Crippen MR) is 98.7 cm³/mol. The number of hydrogen-bond donors (Lipinski definition) is 1. The quantitative estimate of drug-likeness (QED) is 0.905. The zero-order chi connectivity index (χ0) is 16.1. The van der Waals surface area contributed by atoms with Gasteiger partial charge in [-0.2, -0.15) is 0 Å². The van der Waals surface area contributed by atoms with Gasteiger partial charge in [-0.05, 0) is 44.1 Å². The maximum atomic E-state index is 12.4. The van der Waals surface area contributed by atoms with E-state index in [-0.39, 0.29) is 24.4 Å². The number of aryl methyl sites for hydroxylation is 2. The van der Waals surface area contributed by atoms with Gasteiger partial charge >= 0.3 is 0 Å². The molecule has 1 atom stereocenters. The molecule has 1 unspecified atom stereocenters. The monoisotopic (exact) mass is 352 g/mol. The number of piperidine rings is 1. The zero-order valence-corrected chi connectivity index (χ0v) is 15.3. The fourth-order valence-electron chi connectivity index (χ4n) is 3.50. The number of halogens is 1. The molecule has 1 aromatic rings. The van der Waals surface area contributed by atoms with Gasteiger partial charge in [0.2, 0.25) is 0 Å². The van der Waals surface area contributed by atoms with Gasteiger partial charge in [-0.15, -0.1) is 12.4 Å². The number of nitrogens with zero attached hydrogens (tertiary/aromatic N) is 1. The van der Waals surface area contributed by atoms with Crippen molar-refractivity contribution in [1.82, 2.24) is 10.2 Å². The molecule has 0 aliphatic carbocycles. The molecule has 2 fully saturated rings. The van der Waals surface area contributed by atoms with Crippen LogP contribution in [0.25, 0.3) is 0 Å². The Hall–Kier alpha value is -1.10. The number of carbonyl (C=O) groups is 1. The lowest BCUT2D eigenvalue weighted by atomic mass is 9.90. The van der Waals surface area contributed by atoms with E-state index in [2.05, 4.69) is 36.5 Å². The third kappa shape index (κ3) is 5.20. The number of rotatable bonds is 4. The Bertz CT molecular complexity index is 507. The molecule has 24 heavy (non-hydrogen) atoms. The van der Waals surface area contributed by atoms with E-state index in [9.17, 15) is 4.79 Å². The highest BCUT2D eigenvalue weighted by atomic mass is 35.5. The topological polar surface area (TPSA) is 41.6 Å². The van der Waals surface area contributed by atoms with Crippen molar-refractivity contribution < 1.29 is 9.53 Å². The van der Waals surface area contributed by atoms with E-state index in [1.165, 1.54) is 17.5 Å². The van der Waals surface area contributed by atoms with Gasteiger partial charge in [0.05, 0.1) is 6.61 Å². The van der Waals surface area contributed by atoms with E-state index in [0.717, 1.165) is 44.8 Å². The molecular weight excluding hydrogens is 324 g/mol. The number of hydrogen-bond acceptors (Lipinski definition) is 3. The van der Waals surface area contributed by atoms with Crippen molar-refractivity contribution in [2.75, 3.05) is 32.8 Å². The minimum absolute atomic E-state index is 0. The van der Waals surface area contributed by atoms with Gasteiger partial charge in [-0.1, -0.05) is 29.8 Å². The maximum absolute atomic E-state index is 12.4. The van der Waals surface area contributed by atoms with Crippen LogP contribution in [0, 0.1) is 12.8 Å². The van der Waals surface area contributed by atoms with Gasteiger partial charge in [0.1, 0.15) is 6.10 Å². The molecule has 4 nitrogen and oxygen atoms in total. The van der Waals surface area contributed by atoms with E-state index in [0.29, 0.717) is 13.2 Å². The highest BCUT2D eigenvalue weighted by molar-refractivity contribution is 5.85. The number of nitrogens with one attached hydrogen (secondary N) is 1. The van der Waals surface area contributed by atoms with Gasteiger partial charge in [0, 0.05) is 26.2 Å². The van der Waals surface area contributed by atoms with E-state index < -0.39 is 0 Å². The van der Waals surface area contributed by atoms with Crippen molar-refractivity contribution in [2.45, 2.75) is 38.7 Å². The second-order valence-corrected chi connectivity index (χ2v) is 6.86.